The lowest BCUT2D eigenvalue weighted by Crippen LogP contribution is -2.46. The van der Waals surface area contributed by atoms with Crippen molar-refractivity contribution >= 4 is 21.8 Å². The number of aromatic nitrogens is 1. The number of rotatable bonds is 7. The second kappa shape index (κ2) is 7.58. The van der Waals surface area contributed by atoms with Gasteiger partial charge in [-0.1, -0.05) is 6.07 Å². The number of nitrogens with one attached hydrogen (secondary N) is 2. The molecule has 0 aliphatic carbocycles. The molecule has 0 bridgehead atoms. The molecule has 0 saturated heterocycles. The van der Waals surface area contributed by atoms with Gasteiger partial charge in [-0.05, 0) is 18.1 Å². The molecule has 21 heavy (non-hydrogen) atoms. The Morgan fingerprint density at radius 3 is 2.67 bits per heavy atom. The van der Waals surface area contributed by atoms with Crippen molar-refractivity contribution in [3.8, 4) is 0 Å². The van der Waals surface area contributed by atoms with E-state index in [0.29, 0.717) is 0 Å². The molecule has 116 valence electrons. The molecule has 0 fully saturated rings. The third-order valence-electron chi connectivity index (χ3n) is 2.56. The van der Waals surface area contributed by atoms with Gasteiger partial charge in [0.1, 0.15) is 15.9 Å². The van der Waals surface area contributed by atoms with Crippen LogP contribution >= 0.6 is 0 Å². The Morgan fingerprint density at radius 2 is 2.14 bits per heavy atom. The van der Waals surface area contributed by atoms with Gasteiger partial charge < -0.3 is 15.7 Å². The first-order valence-electron chi connectivity index (χ1n) is 6.12. The number of amides is 2. The van der Waals surface area contributed by atoms with Crippen molar-refractivity contribution in [3.05, 3.63) is 30.1 Å². The molecule has 1 rings (SSSR count). The van der Waals surface area contributed by atoms with Crippen LogP contribution < -0.4 is 10.6 Å². The fraction of sp³-hybridized carbons (Fsp3) is 0.417. The SMILES string of the molecule is CS(=O)(=O)CCC(NC(=O)NCc1cccnc1)C(=O)O. The van der Waals surface area contributed by atoms with Crippen LogP contribution in [0.1, 0.15) is 12.0 Å². The van der Waals surface area contributed by atoms with Gasteiger partial charge in [-0.25, -0.2) is 18.0 Å². The summed E-state index contributed by atoms with van der Waals surface area (Å²) in [5.74, 6) is -1.59. The highest BCUT2D eigenvalue weighted by atomic mass is 32.2. The van der Waals surface area contributed by atoms with E-state index in [1.807, 2.05) is 0 Å². The highest BCUT2D eigenvalue weighted by Crippen LogP contribution is 1.98. The van der Waals surface area contributed by atoms with Crippen LogP contribution in [-0.2, 0) is 21.2 Å². The Morgan fingerprint density at radius 1 is 1.43 bits per heavy atom. The topological polar surface area (TPSA) is 125 Å². The molecule has 8 nitrogen and oxygen atoms in total. The largest absolute Gasteiger partial charge is 0.480 e. The highest BCUT2D eigenvalue weighted by molar-refractivity contribution is 7.90. The highest BCUT2D eigenvalue weighted by Gasteiger charge is 2.21. The third-order valence-corrected chi connectivity index (χ3v) is 3.53. The standard InChI is InChI=1S/C12H17N3O5S/c1-21(19,20)6-4-10(11(16)17)15-12(18)14-8-9-3-2-5-13-7-9/h2-3,5,7,10H,4,6,8H2,1H3,(H,16,17)(H2,14,15,18). The van der Waals surface area contributed by atoms with Gasteiger partial charge >= 0.3 is 12.0 Å². The van der Waals surface area contributed by atoms with Gasteiger partial charge in [-0.2, -0.15) is 0 Å². The van der Waals surface area contributed by atoms with E-state index in [9.17, 15) is 18.0 Å². The van der Waals surface area contributed by atoms with Crippen LogP contribution in [0.15, 0.2) is 24.5 Å². The average molecular weight is 315 g/mol. The maximum absolute atomic E-state index is 11.6. The number of hydrogen-bond acceptors (Lipinski definition) is 5. The summed E-state index contributed by atoms with van der Waals surface area (Å²) in [7, 11) is -3.29. The molecule has 3 N–H and O–H groups in total. The maximum atomic E-state index is 11.6. The van der Waals surface area contributed by atoms with Crippen molar-refractivity contribution in [2.45, 2.75) is 19.0 Å². The molecular weight excluding hydrogens is 298 g/mol. The van der Waals surface area contributed by atoms with Crippen LogP contribution in [0.25, 0.3) is 0 Å². The molecule has 0 saturated carbocycles. The molecule has 2 amide bonds. The molecule has 0 aliphatic rings. The number of carbonyl (C=O) groups is 2. The summed E-state index contributed by atoms with van der Waals surface area (Å²) < 4.78 is 22.1. The lowest BCUT2D eigenvalue weighted by Gasteiger charge is -2.14. The Kier molecular flexibility index (Phi) is 6.10. The van der Waals surface area contributed by atoms with Crippen LogP contribution in [0.2, 0.25) is 0 Å². The number of carboxylic acid groups (broad SMARTS) is 1. The number of aliphatic carboxylic acids is 1. The van der Waals surface area contributed by atoms with E-state index in [-0.39, 0.29) is 18.7 Å². The van der Waals surface area contributed by atoms with Crippen molar-refractivity contribution in [1.82, 2.24) is 15.6 Å². The van der Waals surface area contributed by atoms with Crippen LogP contribution in [0, 0.1) is 0 Å². The Hall–Kier alpha value is -2.16. The van der Waals surface area contributed by atoms with Crippen LogP contribution in [-0.4, -0.2) is 48.6 Å². The quantitative estimate of drug-likeness (QED) is 0.638. The Balaban J connectivity index is 2.47. The number of sulfone groups is 1. The summed E-state index contributed by atoms with van der Waals surface area (Å²) >= 11 is 0. The molecule has 0 spiro atoms. The second-order valence-corrected chi connectivity index (χ2v) is 6.76. The lowest BCUT2D eigenvalue weighted by atomic mass is 10.2. The smallest absolute Gasteiger partial charge is 0.326 e. The fourth-order valence-electron chi connectivity index (χ4n) is 1.48. The maximum Gasteiger partial charge on any atom is 0.326 e. The Bertz CT molecular complexity index is 588. The molecule has 1 aromatic heterocycles. The molecule has 9 heteroatoms. The Labute approximate surface area is 122 Å². The zero-order chi connectivity index (χ0) is 15.9. The average Bonchev–Trinajstić information content (AvgIpc) is 2.41. The zero-order valence-corrected chi connectivity index (χ0v) is 12.3. The monoisotopic (exact) mass is 315 g/mol. The molecule has 1 aromatic rings. The number of pyridine rings is 1. The van der Waals surface area contributed by atoms with E-state index in [0.717, 1.165) is 11.8 Å². The fourth-order valence-corrected chi connectivity index (χ4v) is 2.15. The first kappa shape index (κ1) is 16.9. The van der Waals surface area contributed by atoms with Crippen LogP contribution in [0.5, 0.6) is 0 Å². The van der Waals surface area contributed by atoms with Crippen LogP contribution in [0.3, 0.4) is 0 Å². The minimum absolute atomic E-state index is 0.186. The van der Waals surface area contributed by atoms with Crippen LogP contribution in [0.4, 0.5) is 4.79 Å². The van der Waals surface area contributed by atoms with E-state index in [1.165, 1.54) is 0 Å². The van der Waals surface area contributed by atoms with E-state index in [4.69, 9.17) is 5.11 Å². The lowest BCUT2D eigenvalue weighted by molar-refractivity contribution is -0.139. The van der Waals surface area contributed by atoms with Gasteiger partial charge in [0, 0.05) is 25.2 Å². The van der Waals surface area contributed by atoms with E-state index in [2.05, 4.69) is 15.6 Å². The summed E-state index contributed by atoms with van der Waals surface area (Å²) in [4.78, 5) is 26.5. The number of carboxylic acids is 1. The van der Waals surface area contributed by atoms with Gasteiger partial charge in [-0.15, -0.1) is 0 Å². The molecular formula is C12H17N3O5S. The van der Waals surface area contributed by atoms with Gasteiger partial charge in [-0.3, -0.25) is 4.98 Å². The van der Waals surface area contributed by atoms with Crippen molar-refractivity contribution < 1.29 is 23.1 Å². The molecule has 1 heterocycles. The van der Waals surface area contributed by atoms with E-state index < -0.39 is 27.9 Å². The minimum atomic E-state index is -3.29. The second-order valence-electron chi connectivity index (χ2n) is 4.50. The molecule has 0 radical (unpaired) electrons. The van der Waals surface area contributed by atoms with Crippen molar-refractivity contribution in [1.29, 1.82) is 0 Å². The summed E-state index contributed by atoms with van der Waals surface area (Å²) in [5, 5.41) is 13.7. The first-order chi connectivity index (χ1) is 9.78. The summed E-state index contributed by atoms with van der Waals surface area (Å²) in [5.41, 5.74) is 0.760. The van der Waals surface area contributed by atoms with E-state index in [1.54, 1.807) is 24.5 Å². The molecule has 0 aliphatic heterocycles. The van der Waals surface area contributed by atoms with Gasteiger partial charge in [0.15, 0.2) is 0 Å². The number of urea groups is 1. The van der Waals surface area contributed by atoms with Crippen molar-refractivity contribution in [2.75, 3.05) is 12.0 Å². The first-order valence-corrected chi connectivity index (χ1v) is 8.18. The number of carbonyl (C=O) groups excluding carboxylic acids is 1. The molecule has 1 unspecified atom stereocenters. The summed E-state index contributed by atoms with van der Waals surface area (Å²) in [6.45, 7) is 0.193. The third kappa shape index (κ3) is 7.25. The number of nitrogens with zero attached hydrogens (tertiary/aromatic N) is 1. The zero-order valence-electron chi connectivity index (χ0n) is 11.4. The predicted molar refractivity (Wildman–Crippen MR) is 75.4 cm³/mol. The molecule has 0 aromatic carbocycles. The predicted octanol–water partition coefficient (Wildman–Crippen LogP) is -0.231. The summed E-state index contributed by atoms with van der Waals surface area (Å²) in [6, 6.07) is 1.53. The van der Waals surface area contributed by atoms with Crippen molar-refractivity contribution in [3.63, 3.8) is 0 Å². The summed E-state index contributed by atoms with van der Waals surface area (Å²) in [6.07, 6.45) is 3.98. The number of hydrogen-bond donors (Lipinski definition) is 3. The van der Waals surface area contributed by atoms with Gasteiger partial charge in [0.2, 0.25) is 0 Å². The molecule has 1 atom stereocenters. The van der Waals surface area contributed by atoms with Gasteiger partial charge in [0.25, 0.3) is 0 Å². The van der Waals surface area contributed by atoms with Gasteiger partial charge in [0.05, 0.1) is 5.75 Å². The minimum Gasteiger partial charge on any atom is -0.480 e. The normalized spacial score (nSPS) is 12.4. The van der Waals surface area contributed by atoms with E-state index >= 15 is 0 Å². The van der Waals surface area contributed by atoms with Crippen molar-refractivity contribution in [2.24, 2.45) is 0 Å².